The van der Waals surface area contributed by atoms with Gasteiger partial charge >= 0.3 is 7.12 Å². The van der Waals surface area contributed by atoms with Gasteiger partial charge in [-0.2, -0.15) is 0 Å². The molecular weight excluding hydrogens is 159 g/mol. The van der Waals surface area contributed by atoms with E-state index < -0.39 is 7.12 Å². The second-order valence-corrected chi connectivity index (χ2v) is 1.61. The average molecular weight is 165 g/mol. The quantitative estimate of drug-likeness (QED) is 0.580. The van der Waals surface area contributed by atoms with Crippen LogP contribution in [0.3, 0.4) is 0 Å². The van der Waals surface area contributed by atoms with Crippen LogP contribution in [0.5, 0.6) is 0 Å². The molecule has 0 rings (SSSR count). The second-order valence-electron chi connectivity index (χ2n) is 1.08. The zero-order chi connectivity index (χ0) is 5.70. The van der Waals surface area contributed by atoms with Crippen molar-refractivity contribution < 1.29 is 10.0 Å². The zero-order valence-corrected chi connectivity index (χ0v) is 5.30. The van der Waals surface area contributed by atoms with Crippen molar-refractivity contribution in [1.82, 2.24) is 0 Å². The van der Waals surface area contributed by atoms with Crippen LogP contribution in [0, 0.1) is 0 Å². The Balaban J connectivity index is 2.97. The summed E-state index contributed by atoms with van der Waals surface area (Å²) in [6, 6.07) is 0. The molecular formula is C3H6BBrO2. The Morgan fingerprint density at radius 2 is 2.14 bits per heavy atom. The summed E-state index contributed by atoms with van der Waals surface area (Å²) < 4.78 is 0. The molecule has 4 heteroatoms. The van der Waals surface area contributed by atoms with Crippen LogP contribution >= 0.6 is 15.9 Å². The fraction of sp³-hybridized carbons (Fsp3) is 0.333. The minimum Gasteiger partial charge on any atom is -0.427 e. The van der Waals surface area contributed by atoms with Gasteiger partial charge in [0.15, 0.2) is 0 Å². The molecule has 40 valence electrons. The molecule has 0 aromatic rings. The molecule has 0 aliphatic carbocycles. The first-order valence-electron chi connectivity index (χ1n) is 1.88. The van der Waals surface area contributed by atoms with E-state index in [4.69, 9.17) is 10.0 Å². The maximum absolute atomic E-state index is 8.17. The Labute approximate surface area is 51.1 Å². The topological polar surface area (TPSA) is 40.5 Å². The molecule has 0 fully saturated rings. The largest absolute Gasteiger partial charge is 0.455 e. The summed E-state index contributed by atoms with van der Waals surface area (Å²) in [7, 11) is -1.21. The predicted octanol–water partition coefficient (Wildman–Crippen LogP) is 0.368. The van der Waals surface area contributed by atoms with Gasteiger partial charge in [-0.25, -0.2) is 0 Å². The van der Waals surface area contributed by atoms with Crippen molar-refractivity contribution in [3.05, 3.63) is 11.1 Å². The van der Waals surface area contributed by atoms with Crippen molar-refractivity contribution in [2.45, 2.75) is 6.32 Å². The number of hydrogen-bond donors (Lipinski definition) is 2. The SMILES string of the molecule is OB(O)CC=CBr. The number of halogens is 1. The van der Waals surface area contributed by atoms with Gasteiger partial charge in [0.1, 0.15) is 0 Å². The highest BCUT2D eigenvalue weighted by atomic mass is 79.9. The highest BCUT2D eigenvalue weighted by molar-refractivity contribution is 9.11. The molecule has 2 nitrogen and oxygen atoms in total. The van der Waals surface area contributed by atoms with Crippen molar-refractivity contribution in [3.8, 4) is 0 Å². The lowest BCUT2D eigenvalue weighted by atomic mass is 9.87. The van der Waals surface area contributed by atoms with Crippen LogP contribution in [0.2, 0.25) is 6.32 Å². The van der Waals surface area contributed by atoms with E-state index in [0.717, 1.165) is 0 Å². The summed E-state index contributed by atoms with van der Waals surface area (Å²) >= 11 is 2.98. The molecule has 0 aliphatic heterocycles. The van der Waals surface area contributed by atoms with E-state index in [9.17, 15) is 0 Å². The summed E-state index contributed by atoms with van der Waals surface area (Å²) in [6.07, 6.45) is 1.90. The van der Waals surface area contributed by atoms with Gasteiger partial charge in [-0.1, -0.05) is 22.0 Å². The molecule has 0 radical (unpaired) electrons. The van der Waals surface area contributed by atoms with Crippen LogP contribution in [0.25, 0.3) is 0 Å². The van der Waals surface area contributed by atoms with E-state index in [0.29, 0.717) is 0 Å². The van der Waals surface area contributed by atoms with E-state index in [2.05, 4.69) is 15.9 Å². The van der Waals surface area contributed by atoms with Crippen molar-refractivity contribution in [2.75, 3.05) is 0 Å². The first-order valence-corrected chi connectivity index (χ1v) is 2.80. The molecule has 0 bridgehead atoms. The van der Waals surface area contributed by atoms with Crippen LogP contribution in [-0.4, -0.2) is 17.2 Å². The van der Waals surface area contributed by atoms with Crippen molar-refractivity contribution in [2.24, 2.45) is 0 Å². The molecule has 7 heavy (non-hydrogen) atoms. The Morgan fingerprint density at radius 3 is 2.29 bits per heavy atom. The highest BCUT2D eigenvalue weighted by Crippen LogP contribution is 1.89. The third kappa shape index (κ3) is 6.20. The normalized spacial score (nSPS) is 10.1. The van der Waals surface area contributed by atoms with E-state index in [1.807, 2.05) is 0 Å². The number of hydrogen-bond acceptors (Lipinski definition) is 2. The molecule has 0 aromatic carbocycles. The monoisotopic (exact) mass is 164 g/mol. The lowest BCUT2D eigenvalue weighted by molar-refractivity contribution is 0.411. The van der Waals surface area contributed by atoms with Gasteiger partial charge in [0, 0.05) is 6.32 Å². The van der Waals surface area contributed by atoms with Gasteiger partial charge in [-0.05, 0) is 4.99 Å². The standard InChI is InChI=1S/C3H6BBrO2/c5-3-1-2-4(6)7/h1,3,6-7H,2H2. The molecule has 0 aliphatic rings. The van der Waals surface area contributed by atoms with Gasteiger partial charge in [0.25, 0.3) is 0 Å². The summed E-state index contributed by atoms with van der Waals surface area (Å²) in [5, 5.41) is 16.3. The first kappa shape index (κ1) is 7.20. The van der Waals surface area contributed by atoms with Crippen LogP contribution in [0.1, 0.15) is 0 Å². The Morgan fingerprint density at radius 1 is 1.57 bits per heavy atom. The number of rotatable bonds is 2. The fourth-order valence-corrected chi connectivity index (χ4v) is 0.389. The Bertz CT molecular complexity index is 64.0. The van der Waals surface area contributed by atoms with Crippen molar-refractivity contribution >= 4 is 23.0 Å². The third-order valence-corrected chi connectivity index (χ3v) is 0.810. The van der Waals surface area contributed by atoms with Gasteiger partial charge in [0.2, 0.25) is 0 Å². The highest BCUT2D eigenvalue weighted by Gasteiger charge is 1.99. The van der Waals surface area contributed by atoms with Gasteiger partial charge in [-0.3, -0.25) is 0 Å². The van der Waals surface area contributed by atoms with Gasteiger partial charge in [0.05, 0.1) is 0 Å². The molecule has 2 N–H and O–H groups in total. The zero-order valence-electron chi connectivity index (χ0n) is 3.71. The molecule has 0 aromatic heterocycles. The fourth-order valence-electron chi connectivity index (χ4n) is 0.173. The second kappa shape index (κ2) is 4.37. The molecule has 0 unspecified atom stereocenters. The lowest BCUT2D eigenvalue weighted by Gasteiger charge is -1.85. The first-order chi connectivity index (χ1) is 3.27. The Hall–Kier alpha value is 0.205. The summed E-state index contributed by atoms with van der Waals surface area (Å²) in [5.41, 5.74) is 0. The molecule has 0 atom stereocenters. The maximum Gasteiger partial charge on any atom is 0.455 e. The van der Waals surface area contributed by atoms with E-state index >= 15 is 0 Å². The minimum atomic E-state index is -1.21. The number of allylic oxidation sites excluding steroid dienone is 1. The molecule has 0 saturated carbocycles. The average Bonchev–Trinajstić information content (AvgIpc) is 1.61. The maximum atomic E-state index is 8.17. The van der Waals surface area contributed by atoms with E-state index in [-0.39, 0.29) is 6.32 Å². The summed E-state index contributed by atoms with van der Waals surface area (Å²) in [4.78, 5) is 1.59. The van der Waals surface area contributed by atoms with Gasteiger partial charge in [-0.15, -0.1) is 0 Å². The summed E-state index contributed by atoms with van der Waals surface area (Å²) in [6.45, 7) is 0. The summed E-state index contributed by atoms with van der Waals surface area (Å²) in [5.74, 6) is 0. The van der Waals surface area contributed by atoms with E-state index in [1.165, 1.54) is 0 Å². The minimum absolute atomic E-state index is 0.283. The van der Waals surface area contributed by atoms with Crippen molar-refractivity contribution in [1.29, 1.82) is 0 Å². The third-order valence-electron chi connectivity index (χ3n) is 0.436. The molecule has 0 saturated heterocycles. The molecule has 0 amide bonds. The van der Waals surface area contributed by atoms with Crippen LogP contribution < -0.4 is 0 Å². The van der Waals surface area contributed by atoms with Crippen molar-refractivity contribution in [3.63, 3.8) is 0 Å². The van der Waals surface area contributed by atoms with E-state index in [1.54, 1.807) is 11.1 Å². The van der Waals surface area contributed by atoms with Gasteiger partial charge < -0.3 is 10.0 Å². The van der Waals surface area contributed by atoms with Crippen LogP contribution in [0.4, 0.5) is 0 Å². The lowest BCUT2D eigenvalue weighted by Crippen LogP contribution is -2.07. The van der Waals surface area contributed by atoms with Crippen LogP contribution in [0.15, 0.2) is 11.1 Å². The Kier molecular flexibility index (Phi) is 4.49. The predicted molar refractivity (Wildman–Crippen MR) is 33.1 cm³/mol. The smallest absolute Gasteiger partial charge is 0.427 e. The molecule has 0 heterocycles. The molecule has 0 spiro atoms. The van der Waals surface area contributed by atoms with Crippen LogP contribution in [-0.2, 0) is 0 Å².